The van der Waals surface area contributed by atoms with Gasteiger partial charge in [-0.25, -0.2) is 8.42 Å². The van der Waals surface area contributed by atoms with Gasteiger partial charge in [0.15, 0.2) is 0 Å². The molecular formula is C14H27NO2S. The average molecular weight is 273 g/mol. The average Bonchev–Trinajstić information content (AvgIpc) is 3.09. The number of rotatable bonds is 7. The highest BCUT2D eigenvalue weighted by molar-refractivity contribution is 7.91. The zero-order valence-electron chi connectivity index (χ0n) is 11.7. The molecule has 2 aliphatic rings. The summed E-state index contributed by atoms with van der Waals surface area (Å²) in [6.07, 6.45) is 7.45. The van der Waals surface area contributed by atoms with Crippen LogP contribution in [0.3, 0.4) is 0 Å². The molecule has 1 N–H and O–H groups in total. The van der Waals surface area contributed by atoms with Crippen LogP contribution in [0.2, 0.25) is 0 Å². The fraction of sp³-hybridized carbons (Fsp3) is 1.00. The lowest BCUT2D eigenvalue weighted by atomic mass is 10.0. The van der Waals surface area contributed by atoms with Gasteiger partial charge in [-0.3, -0.25) is 0 Å². The molecule has 0 aromatic rings. The van der Waals surface area contributed by atoms with Crippen LogP contribution in [0.15, 0.2) is 0 Å². The second kappa shape index (κ2) is 5.91. The third kappa shape index (κ3) is 3.27. The van der Waals surface area contributed by atoms with Crippen LogP contribution >= 0.6 is 0 Å². The van der Waals surface area contributed by atoms with Crippen molar-refractivity contribution in [2.24, 2.45) is 17.8 Å². The van der Waals surface area contributed by atoms with Gasteiger partial charge in [-0.15, -0.1) is 0 Å². The fourth-order valence-electron chi connectivity index (χ4n) is 3.84. The maximum atomic E-state index is 11.5. The first kappa shape index (κ1) is 14.3. The minimum Gasteiger partial charge on any atom is -0.317 e. The molecule has 0 heterocycles. The van der Waals surface area contributed by atoms with Crippen molar-refractivity contribution in [3.05, 3.63) is 0 Å². The summed E-state index contributed by atoms with van der Waals surface area (Å²) in [4.78, 5) is 0. The molecule has 18 heavy (non-hydrogen) atoms. The van der Waals surface area contributed by atoms with Crippen LogP contribution in [0, 0.1) is 17.8 Å². The summed E-state index contributed by atoms with van der Waals surface area (Å²) in [6.45, 7) is 1.74. The molecule has 3 atom stereocenters. The Kier molecular flexibility index (Phi) is 4.70. The molecule has 2 aliphatic carbocycles. The first-order chi connectivity index (χ1) is 8.59. The van der Waals surface area contributed by atoms with Crippen LogP contribution in [-0.2, 0) is 9.84 Å². The van der Waals surface area contributed by atoms with Gasteiger partial charge in [0.05, 0.1) is 5.75 Å². The van der Waals surface area contributed by atoms with Gasteiger partial charge >= 0.3 is 0 Å². The summed E-state index contributed by atoms with van der Waals surface area (Å²) < 4.78 is 23.0. The van der Waals surface area contributed by atoms with Gasteiger partial charge in [0, 0.05) is 11.8 Å². The van der Waals surface area contributed by atoms with E-state index in [2.05, 4.69) is 5.32 Å². The highest BCUT2D eigenvalue weighted by Gasteiger charge is 2.53. The van der Waals surface area contributed by atoms with Crippen LogP contribution in [0.5, 0.6) is 0 Å². The molecule has 3 unspecified atom stereocenters. The third-order valence-corrected chi connectivity index (χ3v) is 6.76. The Labute approximate surface area is 112 Å². The highest BCUT2D eigenvalue weighted by Crippen LogP contribution is 2.57. The molecule has 0 saturated heterocycles. The van der Waals surface area contributed by atoms with Crippen molar-refractivity contribution in [2.45, 2.75) is 51.5 Å². The zero-order chi connectivity index (χ0) is 13.2. The van der Waals surface area contributed by atoms with E-state index in [0.29, 0.717) is 11.8 Å². The van der Waals surface area contributed by atoms with Gasteiger partial charge in [-0.2, -0.15) is 0 Å². The lowest BCUT2D eigenvalue weighted by Gasteiger charge is -2.16. The predicted octanol–water partition coefficient (Wildman–Crippen LogP) is 2.23. The molecule has 4 heteroatoms. The van der Waals surface area contributed by atoms with E-state index in [4.69, 9.17) is 0 Å². The summed E-state index contributed by atoms with van der Waals surface area (Å²) in [5, 5.41) is 3.43. The van der Waals surface area contributed by atoms with E-state index in [-0.39, 0.29) is 5.75 Å². The van der Waals surface area contributed by atoms with Crippen LogP contribution < -0.4 is 5.32 Å². The van der Waals surface area contributed by atoms with Crippen molar-refractivity contribution < 1.29 is 8.42 Å². The standard InChI is InChI=1S/C14H27NO2S/c1-3-18(16,17)10-6-9-13(15-2)14-11-7-4-5-8-12(11)14/h11-15H,3-10H2,1-2H3. The van der Waals surface area contributed by atoms with Crippen molar-refractivity contribution in [3.8, 4) is 0 Å². The molecule has 2 saturated carbocycles. The Morgan fingerprint density at radius 1 is 1.22 bits per heavy atom. The third-order valence-electron chi connectivity index (χ3n) is 4.97. The monoisotopic (exact) mass is 273 g/mol. The van der Waals surface area contributed by atoms with Gasteiger partial charge in [0.25, 0.3) is 0 Å². The lowest BCUT2D eigenvalue weighted by Crippen LogP contribution is -2.29. The van der Waals surface area contributed by atoms with Gasteiger partial charge in [-0.1, -0.05) is 19.8 Å². The van der Waals surface area contributed by atoms with Crippen LogP contribution in [0.4, 0.5) is 0 Å². The molecule has 3 nitrogen and oxygen atoms in total. The van der Waals surface area contributed by atoms with Gasteiger partial charge in [-0.05, 0) is 50.5 Å². The Bertz CT molecular complexity index is 354. The smallest absolute Gasteiger partial charge is 0.150 e. The summed E-state index contributed by atoms with van der Waals surface area (Å²) in [6, 6.07) is 0.546. The summed E-state index contributed by atoms with van der Waals surface area (Å²) in [5.41, 5.74) is 0. The van der Waals surface area contributed by atoms with E-state index in [1.54, 1.807) is 6.92 Å². The molecule has 0 aromatic heterocycles. The van der Waals surface area contributed by atoms with E-state index in [9.17, 15) is 8.42 Å². The minimum absolute atomic E-state index is 0.284. The van der Waals surface area contributed by atoms with Gasteiger partial charge in [0.1, 0.15) is 9.84 Å². The van der Waals surface area contributed by atoms with Crippen molar-refractivity contribution >= 4 is 9.84 Å². The van der Waals surface area contributed by atoms with Crippen molar-refractivity contribution in [3.63, 3.8) is 0 Å². The first-order valence-electron chi connectivity index (χ1n) is 7.46. The number of hydrogen-bond donors (Lipinski definition) is 1. The van der Waals surface area contributed by atoms with E-state index < -0.39 is 9.84 Å². The number of sulfone groups is 1. The van der Waals surface area contributed by atoms with E-state index in [0.717, 1.165) is 30.6 Å². The Hall–Kier alpha value is -0.0900. The summed E-state index contributed by atoms with van der Waals surface area (Å²) in [5.74, 6) is 3.37. The molecule has 2 fully saturated rings. The molecule has 0 spiro atoms. The van der Waals surface area contributed by atoms with Crippen molar-refractivity contribution in [1.82, 2.24) is 5.32 Å². The van der Waals surface area contributed by atoms with Crippen molar-refractivity contribution in [2.75, 3.05) is 18.6 Å². The van der Waals surface area contributed by atoms with Crippen LogP contribution in [0.1, 0.15) is 45.4 Å². The molecule has 0 amide bonds. The topological polar surface area (TPSA) is 46.2 Å². The Morgan fingerprint density at radius 2 is 1.83 bits per heavy atom. The highest BCUT2D eigenvalue weighted by atomic mass is 32.2. The molecule has 0 radical (unpaired) electrons. The Morgan fingerprint density at radius 3 is 2.33 bits per heavy atom. The molecule has 0 bridgehead atoms. The van der Waals surface area contributed by atoms with E-state index in [1.807, 2.05) is 7.05 Å². The van der Waals surface area contributed by atoms with Crippen molar-refractivity contribution in [1.29, 1.82) is 0 Å². The number of hydrogen-bond acceptors (Lipinski definition) is 3. The van der Waals surface area contributed by atoms with Crippen LogP contribution in [0.25, 0.3) is 0 Å². The summed E-state index contributed by atoms with van der Waals surface area (Å²) >= 11 is 0. The maximum Gasteiger partial charge on any atom is 0.150 e. The largest absolute Gasteiger partial charge is 0.317 e. The molecule has 0 aliphatic heterocycles. The van der Waals surface area contributed by atoms with E-state index >= 15 is 0 Å². The number of nitrogens with one attached hydrogen (secondary N) is 1. The quantitative estimate of drug-likeness (QED) is 0.773. The van der Waals surface area contributed by atoms with E-state index in [1.165, 1.54) is 25.7 Å². The fourth-order valence-corrected chi connectivity index (χ4v) is 4.74. The molecule has 2 rings (SSSR count). The maximum absolute atomic E-state index is 11.5. The molecular weight excluding hydrogens is 246 g/mol. The lowest BCUT2D eigenvalue weighted by molar-refractivity contribution is 0.431. The second-order valence-electron chi connectivity index (χ2n) is 5.96. The molecule has 106 valence electrons. The normalized spacial score (nSPS) is 32.9. The van der Waals surface area contributed by atoms with Gasteiger partial charge < -0.3 is 5.32 Å². The minimum atomic E-state index is -2.78. The zero-order valence-corrected chi connectivity index (χ0v) is 12.5. The second-order valence-corrected chi connectivity index (χ2v) is 8.44. The first-order valence-corrected chi connectivity index (χ1v) is 9.29. The predicted molar refractivity (Wildman–Crippen MR) is 75.3 cm³/mol. The molecule has 0 aromatic carbocycles. The summed E-state index contributed by atoms with van der Waals surface area (Å²) in [7, 11) is -0.751. The van der Waals surface area contributed by atoms with Crippen LogP contribution in [-0.4, -0.2) is 33.0 Å². The number of fused-ring (bicyclic) bond motifs is 1. The van der Waals surface area contributed by atoms with Gasteiger partial charge in [0.2, 0.25) is 0 Å². The Balaban J connectivity index is 1.77. The SMILES string of the molecule is CCS(=O)(=O)CCCC(NC)C1C2CCCCC21.